The number of methoxy groups -OCH3 is 1. The van der Waals surface area contributed by atoms with Crippen molar-refractivity contribution in [3.8, 4) is 5.75 Å². The molecule has 0 aliphatic carbocycles. The number of hydrogen-bond donors (Lipinski definition) is 1. The Bertz CT molecular complexity index is 640. The summed E-state index contributed by atoms with van der Waals surface area (Å²) in [5, 5.41) is 10.4. The van der Waals surface area contributed by atoms with E-state index in [0.29, 0.717) is 18.0 Å². The number of sulfonamides is 1. The molecular weight excluding hydrogens is 310 g/mol. The molecule has 0 spiro atoms. The second-order valence-electron chi connectivity index (χ2n) is 4.55. The summed E-state index contributed by atoms with van der Waals surface area (Å²) < 4.78 is 31.5. The van der Waals surface area contributed by atoms with Crippen molar-refractivity contribution >= 4 is 10.0 Å². The highest BCUT2D eigenvalue weighted by Gasteiger charge is 2.14. The Morgan fingerprint density at radius 3 is 2.50 bits per heavy atom. The number of allylic oxidation sites excluding steroid dienone is 1. The van der Waals surface area contributed by atoms with E-state index in [-0.39, 0.29) is 11.4 Å². The summed E-state index contributed by atoms with van der Waals surface area (Å²) in [7, 11) is -0.467. The molecule has 0 amide bonds. The zero-order chi connectivity index (χ0) is 16.8. The van der Waals surface area contributed by atoms with Gasteiger partial charge >= 0.3 is 0 Å². The van der Waals surface area contributed by atoms with E-state index in [1.54, 1.807) is 31.0 Å². The van der Waals surface area contributed by atoms with Crippen molar-refractivity contribution in [1.29, 1.82) is 0 Å². The van der Waals surface area contributed by atoms with E-state index in [2.05, 4.69) is 4.72 Å². The van der Waals surface area contributed by atoms with Crippen LogP contribution >= 0.6 is 0 Å². The fraction of sp³-hybridized carbons (Fsp3) is 0.385. The number of rotatable bonds is 8. The zero-order valence-electron chi connectivity index (χ0n) is 12.6. The van der Waals surface area contributed by atoms with Gasteiger partial charge in [-0.05, 0) is 31.2 Å². The SMILES string of the molecule is COc1ccc(S(=O)(=O)NCCN(C)C(C)=C[N+](=O)[O-])cc1. The summed E-state index contributed by atoms with van der Waals surface area (Å²) in [6, 6.07) is 6.01. The fourth-order valence-electron chi connectivity index (χ4n) is 1.61. The third-order valence-electron chi connectivity index (χ3n) is 3.00. The first-order chi connectivity index (χ1) is 10.3. The number of nitrogens with zero attached hydrogens (tertiary/aromatic N) is 2. The third kappa shape index (κ3) is 5.34. The lowest BCUT2D eigenvalue weighted by atomic mass is 10.3. The van der Waals surface area contributed by atoms with Crippen LogP contribution in [0.2, 0.25) is 0 Å². The van der Waals surface area contributed by atoms with Crippen LogP contribution in [-0.2, 0) is 10.0 Å². The van der Waals surface area contributed by atoms with Crippen molar-refractivity contribution in [3.63, 3.8) is 0 Å². The first-order valence-electron chi connectivity index (χ1n) is 6.43. The molecule has 0 aliphatic heterocycles. The van der Waals surface area contributed by atoms with Crippen LogP contribution in [0.4, 0.5) is 0 Å². The van der Waals surface area contributed by atoms with Crippen LogP contribution in [0.15, 0.2) is 41.1 Å². The van der Waals surface area contributed by atoms with Crippen molar-refractivity contribution in [2.45, 2.75) is 11.8 Å². The van der Waals surface area contributed by atoms with Crippen LogP contribution in [0.1, 0.15) is 6.92 Å². The molecule has 1 N–H and O–H groups in total. The van der Waals surface area contributed by atoms with E-state index in [9.17, 15) is 18.5 Å². The smallest absolute Gasteiger partial charge is 0.253 e. The van der Waals surface area contributed by atoms with Gasteiger partial charge in [0, 0.05) is 20.1 Å². The van der Waals surface area contributed by atoms with Crippen molar-refractivity contribution in [2.24, 2.45) is 0 Å². The maximum absolute atomic E-state index is 12.1. The van der Waals surface area contributed by atoms with E-state index in [0.717, 1.165) is 6.20 Å². The number of nitrogens with one attached hydrogen (secondary N) is 1. The molecule has 122 valence electrons. The van der Waals surface area contributed by atoms with E-state index in [4.69, 9.17) is 4.74 Å². The lowest BCUT2D eigenvalue weighted by Crippen LogP contribution is -2.32. The first-order valence-corrected chi connectivity index (χ1v) is 7.91. The Morgan fingerprint density at radius 2 is 2.00 bits per heavy atom. The average Bonchev–Trinajstić information content (AvgIpc) is 2.46. The summed E-state index contributed by atoms with van der Waals surface area (Å²) in [5.74, 6) is 0.569. The molecule has 1 rings (SSSR count). The molecule has 0 saturated heterocycles. The molecule has 0 aliphatic rings. The minimum atomic E-state index is -3.62. The molecule has 0 radical (unpaired) electrons. The van der Waals surface area contributed by atoms with Gasteiger partial charge < -0.3 is 9.64 Å². The Balaban J connectivity index is 2.60. The fourth-order valence-corrected chi connectivity index (χ4v) is 2.63. The summed E-state index contributed by atoms with van der Waals surface area (Å²) in [6.45, 7) is 2.03. The van der Waals surface area contributed by atoms with Gasteiger partial charge in [0.25, 0.3) is 6.20 Å². The van der Waals surface area contributed by atoms with Gasteiger partial charge in [-0.25, -0.2) is 13.1 Å². The molecule has 0 bridgehead atoms. The van der Waals surface area contributed by atoms with Crippen LogP contribution in [-0.4, -0.2) is 45.5 Å². The van der Waals surface area contributed by atoms with Crippen molar-refractivity contribution in [3.05, 3.63) is 46.3 Å². The predicted molar refractivity (Wildman–Crippen MR) is 81.6 cm³/mol. The highest BCUT2D eigenvalue weighted by atomic mass is 32.2. The molecule has 0 fully saturated rings. The second kappa shape index (κ2) is 7.76. The predicted octanol–water partition coefficient (Wildman–Crippen LogP) is 1.04. The zero-order valence-corrected chi connectivity index (χ0v) is 13.5. The second-order valence-corrected chi connectivity index (χ2v) is 6.32. The number of ether oxygens (including phenoxy) is 1. The number of nitro groups is 1. The van der Waals surface area contributed by atoms with Crippen molar-refractivity contribution in [1.82, 2.24) is 9.62 Å². The van der Waals surface area contributed by atoms with Crippen molar-refractivity contribution in [2.75, 3.05) is 27.2 Å². The topological polar surface area (TPSA) is 102 Å². The molecule has 0 saturated carbocycles. The van der Waals surface area contributed by atoms with Gasteiger partial charge in [-0.1, -0.05) is 0 Å². The Kier molecular flexibility index (Phi) is 6.32. The van der Waals surface area contributed by atoms with Crippen LogP contribution < -0.4 is 9.46 Å². The molecule has 0 atom stereocenters. The highest BCUT2D eigenvalue weighted by molar-refractivity contribution is 7.89. The minimum Gasteiger partial charge on any atom is -0.497 e. The molecule has 0 heterocycles. The summed E-state index contributed by atoms with van der Waals surface area (Å²) >= 11 is 0. The first kappa shape index (κ1) is 17.9. The molecule has 0 unspecified atom stereocenters. The monoisotopic (exact) mass is 329 g/mol. The minimum absolute atomic E-state index is 0.133. The van der Waals surface area contributed by atoms with E-state index < -0.39 is 14.9 Å². The molecular formula is C13H19N3O5S. The summed E-state index contributed by atoms with van der Waals surface area (Å²) in [4.78, 5) is 11.5. The molecule has 22 heavy (non-hydrogen) atoms. The quantitative estimate of drug-likeness (QED) is 0.565. The number of hydrogen-bond acceptors (Lipinski definition) is 6. The number of likely N-dealkylation sites (N-methyl/N-ethyl adjacent to an activating group) is 1. The maximum atomic E-state index is 12.1. The Labute approximate surface area is 129 Å². The third-order valence-corrected chi connectivity index (χ3v) is 4.48. The van der Waals surface area contributed by atoms with Gasteiger partial charge in [0.05, 0.1) is 22.6 Å². The van der Waals surface area contributed by atoms with Gasteiger partial charge in [-0.15, -0.1) is 0 Å². The van der Waals surface area contributed by atoms with Crippen LogP contribution in [0.25, 0.3) is 0 Å². The lowest BCUT2D eigenvalue weighted by Gasteiger charge is -2.18. The van der Waals surface area contributed by atoms with Gasteiger partial charge in [-0.3, -0.25) is 10.1 Å². The van der Waals surface area contributed by atoms with E-state index >= 15 is 0 Å². The highest BCUT2D eigenvalue weighted by Crippen LogP contribution is 2.15. The van der Waals surface area contributed by atoms with E-state index in [1.807, 2.05) is 0 Å². The Morgan fingerprint density at radius 1 is 1.41 bits per heavy atom. The molecule has 1 aromatic rings. The normalized spacial score (nSPS) is 12.0. The Hall–Kier alpha value is -2.13. The van der Waals surface area contributed by atoms with Gasteiger partial charge in [0.15, 0.2) is 0 Å². The standard InChI is InChI=1S/C13H19N3O5S/c1-11(10-16(17)18)15(2)9-8-14-22(19,20)13-6-4-12(21-3)5-7-13/h4-7,10,14H,8-9H2,1-3H3. The number of benzene rings is 1. The molecule has 9 heteroatoms. The summed E-state index contributed by atoms with van der Waals surface area (Å²) in [5.41, 5.74) is 0.439. The molecule has 1 aromatic carbocycles. The van der Waals surface area contributed by atoms with E-state index in [1.165, 1.54) is 19.2 Å². The van der Waals surface area contributed by atoms with Crippen molar-refractivity contribution < 1.29 is 18.1 Å². The maximum Gasteiger partial charge on any atom is 0.253 e. The molecule has 8 nitrogen and oxygen atoms in total. The van der Waals surface area contributed by atoms with Crippen LogP contribution in [0.3, 0.4) is 0 Å². The average molecular weight is 329 g/mol. The largest absolute Gasteiger partial charge is 0.497 e. The van der Waals surface area contributed by atoms with Gasteiger partial charge in [0.2, 0.25) is 10.0 Å². The van der Waals surface area contributed by atoms with Crippen LogP contribution in [0.5, 0.6) is 5.75 Å². The summed E-state index contributed by atoms with van der Waals surface area (Å²) in [6.07, 6.45) is 0.873. The lowest BCUT2D eigenvalue weighted by molar-refractivity contribution is -0.404. The van der Waals surface area contributed by atoms with Gasteiger partial charge in [-0.2, -0.15) is 0 Å². The molecule has 0 aromatic heterocycles. The van der Waals surface area contributed by atoms with Gasteiger partial charge in [0.1, 0.15) is 5.75 Å². The van der Waals surface area contributed by atoms with Crippen LogP contribution in [0, 0.1) is 10.1 Å².